The number of anilines is 2. The molecule has 3 rings (SSSR count). The number of carbonyl (C=O) groups excluding carboxylic acids is 2. The van der Waals surface area contributed by atoms with E-state index in [-0.39, 0.29) is 18.2 Å². The van der Waals surface area contributed by atoms with Crippen LogP contribution in [0.1, 0.15) is 19.8 Å². The second kappa shape index (κ2) is 7.53. The average Bonchev–Trinajstić information content (AvgIpc) is 3.02. The molecule has 3 amide bonds. The van der Waals surface area contributed by atoms with Gasteiger partial charge in [-0.25, -0.2) is 9.59 Å². The summed E-state index contributed by atoms with van der Waals surface area (Å²) in [6.07, 6.45) is 1.69. The molecule has 1 N–H and O–H groups in total. The van der Waals surface area contributed by atoms with Crippen LogP contribution in [0.25, 0.3) is 0 Å². The predicted octanol–water partition coefficient (Wildman–Crippen LogP) is 2.68. The largest absolute Gasteiger partial charge is 0.447 e. The zero-order valence-corrected chi connectivity index (χ0v) is 13.9. The van der Waals surface area contributed by atoms with E-state index in [9.17, 15) is 9.59 Å². The first-order chi connectivity index (χ1) is 11.7. The number of hydrogen-bond acceptors (Lipinski definition) is 4. The summed E-state index contributed by atoms with van der Waals surface area (Å²) >= 11 is 0. The van der Waals surface area contributed by atoms with Gasteiger partial charge in [-0.1, -0.05) is 6.07 Å². The summed E-state index contributed by atoms with van der Waals surface area (Å²) in [5.41, 5.74) is 1.39. The number of carbonyl (C=O) groups is 2. The molecule has 2 fully saturated rings. The highest BCUT2D eigenvalue weighted by atomic mass is 16.6. The summed E-state index contributed by atoms with van der Waals surface area (Å²) in [7, 11) is 0. The highest BCUT2D eigenvalue weighted by Gasteiger charge is 2.25. The molecule has 130 valence electrons. The van der Waals surface area contributed by atoms with Crippen LogP contribution >= 0.6 is 0 Å². The molecule has 1 atom stereocenters. The van der Waals surface area contributed by atoms with Gasteiger partial charge in [0.1, 0.15) is 6.61 Å². The van der Waals surface area contributed by atoms with Crippen LogP contribution in [0.15, 0.2) is 24.3 Å². The highest BCUT2D eigenvalue weighted by Crippen LogP contribution is 2.23. The Morgan fingerprint density at radius 2 is 2.29 bits per heavy atom. The fraction of sp³-hybridized carbons (Fsp3) is 0.529. The molecular formula is C17H23N3O4. The van der Waals surface area contributed by atoms with Crippen LogP contribution in [0.2, 0.25) is 0 Å². The number of likely N-dealkylation sites (tertiary alicyclic amines) is 1. The maximum Gasteiger partial charge on any atom is 0.414 e. The second-order valence-electron chi connectivity index (χ2n) is 5.91. The van der Waals surface area contributed by atoms with Gasteiger partial charge in [-0.05, 0) is 38.0 Å². The van der Waals surface area contributed by atoms with Gasteiger partial charge in [0, 0.05) is 31.1 Å². The van der Waals surface area contributed by atoms with Crippen LogP contribution in [-0.2, 0) is 9.47 Å². The Bertz CT molecular complexity index is 605. The summed E-state index contributed by atoms with van der Waals surface area (Å²) < 4.78 is 10.6. The number of amides is 3. The van der Waals surface area contributed by atoms with E-state index in [1.54, 1.807) is 15.9 Å². The Balaban J connectivity index is 1.63. The number of rotatable bonds is 4. The van der Waals surface area contributed by atoms with Crippen molar-refractivity contribution in [1.82, 2.24) is 4.90 Å². The molecule has 0 saturated carbocycles. The summed E-state index contributed by atoms with van der Waals surface area (Å²) in [5.74, 6) is 0. The molecule has 0 bridgehead atoms. The minimum Gasteiger partial charge on any atom is -0.447 e. The number of hydrogen-bond donors (Lipinski definition) is 1. The van der Waals surface area contributed by atoms with Crippen molar-refractivity contribution in [1.29, 1.82) is 0 Å². The minimum atomic E-state index is -0.353. The normalized spacial score (nSPS) is 20.9. The molecule has 1 aromatic rings. The molecule has 0 spiro atoms. The van der Waals surface area contributed by atoms with Gasteiger partial charge < -0.3 is 19.7 Å². The number of ether oxygens (including phenoxy) is 2. The third-order valence-corrected chi connectivity index (χ3v) is 4.24. The number of nitrogens with zero attached hydrogens (tertiary/aromatic N) is 2. The van der Waals surface area contributed by atoms with Crippen molar-refractivity contribution >= 4 is 23.5 Å². The number of cyclic esters (lactones) is 1. The van der Waals surface area contributed by atoms with Crippen LogP contribution in [0.3, 0.4) is 0 Å². The molecule has 1 unspecified atom stereocenters. The van der Waals surface area contributed by atoms with Crippen LogP contribution in [0.5, 0.6) is 0 Å². The lowest BCUT2D eigenvalue weighted by atomic mass is 10.1. The zero-order chi connectivity index (χ0) is 16.9. The maximum absolute atomic E-state index is 12.5. The summed E-state index contributed by atoms with van der Waals surface area (Å²) in [6.45, 7) is 4.88. The zero-order valence-electron chi connectivity index (χ0n) is 13.9. The van der Waals surface area contributed by atoms with Gasteiger partial charge >= 0.3 is 12.1 Å². The molecule has 7 nitrogen and oxygen atoms in total. The third kappa shape index (κ3) is 3.79. The summed E-state index contributed by atoms with van der Waals surface area (Å²) in [6, 6.07) is 7.10. The van der Waals surface area contributed by atoms with Crippen LogP contribution in [-0.4, -0.2) is 56.0 Å². The van der Waals surface area contributed by atoms with E-state index >= 15 is 0 Å². The van der Waals surface area contributed by atoms with Gasteiger partial charge in [0.25, 0.3) is 0 Å². The molecule has 24 heavy (non-hydrogen) atoms. The van der Waals surface area contributed by atoms with Crippen LogP contribution < -0.4 is 10.2 Å². The van der Waals surface area contributed by atoms with E-state index in [0.29, 0.717) is 32.0 Å². The molecule has 0 radical (unpaired) electrons. The molecule has 2 heterocycles. The molecular weight excluding hydrogens is 310 g/mol. The first-order valence-corrected chi connectivity index (χ1v) is 8.39. The van der Waals surface area contributed by atoms with Crippen molar-refractivity contribution in [3.63, 3.8) is 0 Å². The first-order valence-electron chi connectivity index (χ1n) is 8.39. The number of nitrogens with one attached hydrogen (secondary N) is 1. The molecule has 2 aliphatic heterocycles. The van der Waals surface area contributed by atoms with Gasteiger partial charge in [0.15, 0.2) is 0 Å². The fourth-order valence-corrected chi connectivity index (χ4v) is 3.08. The fourth-order valence-electron chi connectivity index (χ4n) is 3.08. The van der Waals surface area contributed by atoms with E-state index < -0.39 is 0 Å². The summed E-state index contributed by atoms with van der Waals surface area (Å²) in [5, 5.41) is 2.91. The topological polar surface area (TPSA) is 71.1 Å². The summed E-state index contributed by atoms with van der Waals surface area (Å²) in [4.78, 5) is 27.5. The smallest absolute Gasteiger partial charge is 0.414 e. The number of urea groups is 1. The highest BCUT2D eigenvalue weighted by molar-refractivity contribution is 5.93. The van der Waals surface area contributed by atoms with Crippen molar-refractivity contribution in [2.45, 2.75) is 25.9 Å². The van der Waals surface area contributed by atoms with E-state index in [0.717, 1.165) is 25.1 Å². The van der Waals surface area contributed by atoms with Crippen molar-refractivity contribution < 1.29 is 19.1 Å². The van der Waals surface area contributed by atoms with Crippen molar-refractivity contribution in [3.8, 4) is 0 Å². The quantitative estimate of drug-likeness (QED) is 0.919. The van der Waals surface area contributed by atoms with E-state index in [2.05, 4.69) is 5.32 Å². The Morgan fingerprint density at radius 1 is 1.42 bits per heavy atom. The predicted molar refractivity (Wildman–Crippen MR) is 90.4 cm³/mol. The maximum atomic E-state index is 12.5. The molecule has 2 aliphatic rings. The van der Waals surface area contributed by atoms with Crippen LogP contribution in [0.4, 0.5) is 21.0 Å². The lowest BCUT2D eigenvalue weighted by Crippen LogP contribution is -2.45. The van der Waals surface area contributed by atoms with Gasteiger partial charge in [-0.2, -0.15) is 0 Å². The first kappa shape index (κ1) is 16.6. The molecule has 0 aromatic heterocycles. The third-order valence-electron chi connectivity index (χ3n) is 4.24. The SMILES string of the molecule is CCOC1CCCN(C(=O)Nc2cccc(N3CCOC3=O)c2)C1. The van der Waals surface area contributed by atoms with Crippen LogP contribution in [0, 0.1) is 0 Å². The Morgan fingerprint density at radius 3 is 3.04 bits per heavy atom. The van der Waals surface area contributed by atoms with E-state index in [1.807, 2.05) is 25.1 Å². The van der Waals surface area contributed by atoms with Gasteiger partial charge in [0.2, 0.25) is 0 Å². The minimum absolute atomic E-state index is 0.111. The van der Waals surface area contributed by atoms with E-state index in [4.69, 9.17) is 9.47 Å². The molecule has 1 aromatic carbocycles. The van der Waals surface area contributed by atoms with Gasteiger partial charge in [0.05, 0.1) is 12.6 Å². The standard InChI is InChI=1S/C17H23N3O4/c1-2-23-15-7-4-8-19(12-15)16(21)18-13-5-3-6-14(11-13)20-9-10-24-17(20)22/h3,5-6,11,15H,2,4,7-10,12H2,1H3,(H,18,21). The van der Waals surface area contributed by atoms with Gasteiger partial charge in [-0.3, -0.25) is 4.90 Å². The lowest BCUT2D eigenvalue weighted by Gasteiger charge is -2.32. The van der Waals surface area contributed by atoms with Crippen molar-refractivity contribution in [2.75, 3.05) is 43.1 Å². The number of benzene rings is 1. The lowest BCUT2D eigenvalue weighted by molar-refractivity contribution is 0.0181. The van der Waals surface area contributed by atoms with Crippen molar-refractivity contribution in [2.24, 2.45) is 0 Å². The molecule has 7 heteroatoms. The van der Waals surface area contributed by atoms with Crippen molar-refractivity contribution in [3.05, 3.63) is 24.3 Å². The average molecular weight is 333 g/mol. The Hall–Kier alpha value is -2.28. The number of piperidine rings is 1. The Kier molecular flexibility index (Phi) is 5.20. The van der Waals surface area contributed by atoms with Gasteiger partial charge in [-0.15, -0.1) is 0 Å². The Labute approximate surface area is 141 Å². The second-order valence-corrected chi connectivity index (χ2v) is 5.91. The monoisotopic (exact) mass is 333 g/mol. The molecule has 0 aliphatic carbocycles. The molecule has 2 saturated heterocycles. The van der Waals surface area contributed by atoms with E-state index in [1.165, 1.54) is 0 Å².